The number of para-hydroxylation sites is 1. The van der Waals surface area contributed by atoms with Gasteiger partial charge in [-0.3, -0.25) is 9.59 Å². The number of aromatic nitrogens is 1. The molecule has 0 aliphatic carbocycles. The van der Waals surface area contributed by atoms with Crippen LogP contribution in [0.1, 0.15) is 35.7 Å². The second-order valence-electron chi connectivity index (χ2n) is 4.83. The van der Waals surface area contributed by atoms with Crippen LogP contribution in [0.4, 0.5) is 0 Å². The normalized spacial score (nSPS) is 10.8. The number of rotatable bonds is 5. The Morgan fingerprint density at radius 2 is 2.05 bits per heavy atom. The quantitative estimate of drug-likeness (QED) is 0.837. The van der Waals surface area contributed by atoms with Crippen molar-refractivity contribution in [2.75, 3.05) is 0 Å². The summed E-state index contributed by atoms with van der Waals surface area (Å²) < 4.78 is 2.05. The highest BCUT2D eigenvalue weighted by Gasteiger charge is 2.13. The SMILES string of the molecule is CC(=O)c1cn(CCCC(N)=O)c2c(C)cccc12. The minimum Gasteiger partial charge on any atom is -0.370 e. The van der Waals surface area contributed by atoms with E-state index in [9.17, 15) is 9.59 Å². The maximum absolute atomic E-state index is 11.7. The van der Waals surface area contributed by atoms with Gasteiger partial charge in [-0.2, -0.15) is 0 Å². The molecule has 2 N–H and O–H groups in total. The lowest BCUT2D eigenvalue weighted by atomic mass is 10.1. The molecule has 2 rings (SSSR count). The fourth-order valence-corrected chi connectivity index (χ4v) is 2.43. The summed E-state index contributed by atoms with van der Waals surface area (Å²) in [4.78, 5) is 22.5. The van der Waals surface area contributed by atoms with Gasteiger partial charge in [0.1, 0.15) is 0 Å². The third kappa shape index (κ3) is 2.67. The van der Waals surface area contributed by atoms with E-state index in [0.29, 0.717) is 19.4 Å². The van der Waals surface area contributed by atoms with Crippen LogP contribution >= 0.6 is 0 Å². The Labute approximate surface area is 112 Å². The van der Waals surface area contributed by atoms with Crippen molar-refractivity contribution in [1.29, 1.82) is 0 Å². The molecule has 0 fully saturated rings. The molecular weight excluding hydrogens is 240 g/mol. The predicted octanol–water partition coefficient (Wildman–Crippen LogP) is 2.42. The van der Waals surface area contributed by atoms with Crippen LogP contribution in [0.5, 0.6) is 0 Å². The van der Waals surface area contributed by atoms with E-state index in [1.54, 1.807) is 6.92 Å². The number of Topliss-reactive ketones (excluding diaryl/α,β-unsaturated/α-hetero) is 1. The number of fused-ring (bicyclic) bond motifs is 1. The summed E-state index contributed by atoms with van der Waals surface area (Å²) in [5.41, 5.74) is 8.08. The molecule has 4 nitrogen and oxygen atoms in total. The standard InChI is InChI=1S/C15H18N2O2/c1-10-5-3-6-12-13(11(2)18)9-17(15(10)12)8-4-7-14(16)19/h3,5-6,9H,4,7-8H2,1-2H3,(H2,16,19). The van der Waals surface area contributed by atoms with Crippen LogP contribution in [0.15, 0.2) is 24.4 Å². The number of benzene rings is 1. The molecule has 0 spiro atoms. The minimum absolute atomic E-state index is 0.0595. The van der Waals surface area contributed by atoms with Crippen molar-refractivity contribution in [3.05, 3.63) is 35.5 Å². The van der Waals surface area contributed by atoms with Gasteiger partial charge in [0.2, 0.25) is 5.91 Å². The zero-order chi connectivity index (χ0) is 14.0. The van der Waals surface area contributed by atoms with E-state index in [1.807, 2.05) is 35.9 Å². The van der Waals surface area contributed by atoms with Gasteiger partial charge in [-0.1, -0.05) is 18.2 Å². The molecule has 100 valence electrons. The van der Waals surface area contributed by atoms with Gasteiger partial charge in [0, 0.05) is 30.1 Å². The van der Waals surface area contributed by atoms with E-state index in [1.165, 1.54) is 0 Å². The first-order valence-corrected chi connectivity index (χ1v) is 6.38. The van der Waals surface area contributed by atoms with Crippen molar-refractivity contribution in [1.82, 2.24) is 4.57 Å². The summed E-state index contributed by atoms with van der Waals surface area (Å²) >= 11 is 0. The molecule has 0 unspecified atom stereocenters. The number of carbonyl (C=O) groups excluding carboxylic acids is 2. The molecule has 0 atom stereocenters. The Morgan fingerprint density at radius 3 is 2.68 bits per heavy atom. The largest absolute Gasteiger partial charge is 0.370 e. The van der Waals surface area contributed by atoms with Gasteiger partial charge in [0.15, 0.2) is 5.78 Å². The van der Waals surface area contributed by atoms with Crippen molar-refractivity contribution in [2.45, 2.75) is 33.2 Å². The number of hydrogen-bond donors (Lipinski definition) is 1. The highest BCUT2D eigenvalue weighted by Crippen LogP contribution is 2.25. The third-order valence-electron chi connectivity index (χ3n) is 3.30. The van der Waals surface area contributed by atoms with Crippen LogP contribution in [0, 0.1) is 6.92 Å². The number of amides is 1. The van der Waals surface area contributed by atoms with Gasteiger partial charge in [0.25, 0.3) is 0 Å². The molecule has 0 aliphatic rings. The first-order chi connectivity index (χ1) is 9.00. The summed E-state index contributed by atoms with van der Waals surface area (Å²) in [5.74, 6) is -0.232. The molecule has 1 heterocycles. The van der Waals surface area contributed by atoms with Crippen LogP contribution in [-0.2, 0) is 11.3 Å². The Hall–Kier alpha value is -2.10. The van der Waals surface area contributed by atoms with E-state index in [2.05, 4.69) is 0 Å². The van der Waals surface area contributed by atoms with Crippen molar-refractivity contribution in [3.63, 3.8) is 0 Å². The number of primary amides is 1. The average molecular weight is 258 g/mol. The number of hydrogen-bond acceptors (Lipinski definition) is 2. The van der Waals surface area contributed by atoms with Crippen LogP contribution in [0.2, 0.25) is 0 Å². The molecule has 4 heteroatoms. The number of nitrogens with zero attached hydrogens (tertiary/aromatic N) is 1. The lowest BCUT2D eigenvalue weighted by Gasteiger charge is -2.06. The summed E-state index contributed by atoms with van der Waals surface area (Å²) in [6, 6.07) is 5.94. The molecule has 0 aliphatic heterocycles. The van der Waals surface area contributed by atoms with Crippen molar-refractivity contribution < 1.29 is 9.59 Å². The maximum atomic E-state index is 11.7. The van der Waals surface area contributed by atoms with Gasteiger partial charge in [-0.05, 0) is 25.8 Å². The third-order valence-corrected chi connectivity index (χ3v) is 3.30. The smallest absolute Gasteiger partial charge is 0.217 e. The van der Waals surface area contributed by atoms with Crippen LogP contribution in [0.3, 0.4) is 0 Å². The molecular formula is C15H18N2O2. The molecule has 1 amide bonds. The fourth-order valence-electron chi connectivity index (χ4n) is 2.43. The van der Waals surface area contributed by atoms with Crippen LogP contribution in [-0.4, -0.2) is 16.3 Å². The molecule has 19 heavy (non-hydrogen) atoms. The Morgan fingerprint density at radius 1 is 1.32 bits per heavy atom. The monoisotopic (exact) mass is 258 g/mol. The van der Waals surface area contributed by atoms with Gasteiger partial charge < -0.3 is 10.3 Å². The second-order valence-corrected chi connectivity index (χ2v) is 4.83. The molecule has 0 bridgehead atoms. The van der Waals surface area contributed by atoms with Gasteiger partial charge >= 0.3 is 0 Å². The lowest BCUT2D eigenvalue weighted by Crippen LogP contribution is -2.11. The zero-order valence-corrected chi connectivity index (χ0v) is 11.3. The van der Waals surface area contributed by atoms with E-state index < -0.39 is 0 Å². The summed E-state index contributed by atoms with van der Waals surface area (Å²) in [6.07, 6.45) is 2.92. The molecule has 0 saturated heterocycles. The summed E-state index contributed by atoms with van der Waals surface area (Å²) in [5, 5.41) is 0.978. The molecule has 2 aromatic rings. The number of carbonyl (C=O) groups is 2. The summed E-state index contributed by atoms with van der Waals surface area (Å²) in [7, 11) is 0. The lowest BCUT2D eigenvalue weighted by molar-refractivity contribution is -0.118. The van der Waals surface area contributed by atoms with E-state index in [4.69, 9.17) is 5.73 Å². The van der Waals surface area contributed by atoms with Gasteiger partial charge in [0.05, 0.1) is 5.52 Å². The second kappa shape index (κ2) is 5.26. The number of nitrogens with two attached hydrogens (primary N) is 1. The van der Waals surface area contributed by atoms with E-state index in [0.717, 1.165) is 22.0 Å². The molecule has 1 aromatic heterocycles. The zero-order valence-electron chi connectivity index (χ0n) is 11.3. The van der Waals surface area contributed by atoms with E-state index >= 15 is 0 Å². The van der Waals surface area contributed by atoms with Crippen molar-refractivity contribution in [3.8, 4) is 0 Å². The molecule has 1 aromatic carbocycles. The summed E-state index contributed by atoms with van der Waals surface area (Å²) in [6.45, 7) is 4.29. The number of aryl methyl sites for hydroxylation is 2. The van der Waals surface area contributed by atoms with Gasteiger partial charge in [-0.25, -0.2) is 0 Å². The Balaban J connectivity index is 2.43. The number of ketones is 1. The minimum atomic E-state index is -0.292. The molecule has 0 radical (unpaired) electrons. The van der Waals surface area contributed by atoms with E-state index in [-0.39, 0.29) is 11.7 Å². The van der Waals surface area contributed by atoms with Crippen LogP contribution in [0.25, 0.3) is 10.9 Å². The topological polar surface area (TPSA) is 65.1 Å². The Bertz CT molecular complexity index is 641. The van der Waals surface area contributed by atoms with Crippen molar-refractivity contribution >= 4 is 22.6 Å². The molecule has 0 saturated carbocycles. The average Bonchev–Trinajstić information content (AvgIpc) is 2.69. The van der Waals surface area contributed by atoms with Gasteiger partial charge in [-0.15, -0.1) is 0 Å². The first kappa shape index (κ1) is 13.3. The Kier molecular flexibility index (Phi) is 3.69. The van der Waals surface area contributed by atoms with Crippen molar-refractivity contribution in [2.24, 2.45) is 5.73 Å². The predicted molar refractivity (Wildman–Crippen MR) is 75.1 cm³/mol. The highest BCUT2D eigenvalue weighted by molar-refractivity contribution is 6.07. The fraction of sp³-hybridized carbons (Fsp3) is 0.333. The first-order valence-electron chi connectivity index (χ1n) is 6.38. The highest BCUT2D eigenvalue weighted by atomic mass is 16.1. The maximum Gasteiger partial charge on any atom is 0.217 e. The van der Waals surface area contributed by atoms with Crippen LogP contribution < -0.4 is 5.73 Å².